The van der Waals surface area contributed by atoms with Crippen LogP contribution in [0.3, 0.4) is 0 Å². The highest BCUT2D eigenvalue weighted by Crippen LogP contribution is 2.27. The van der Waals surface area contributed by atoms with E-state index in [4.69, 9.17) is 22.2 Å². The zero-order valence-electron chi connectivity index (χ0n) is 10.1. The van der Waals surface area contributed by atoms with E-state index in [1.54, 1.807) is 0 Å². The number of allylic oxidation sites excluding steroid dienone is 1. The molecule has 0 saturated carbocycles. The van der Waals surface area contributed by atoms with Crippen LogP contribution in [-0.4, -0.2) is 6.69 Å². The first-order valence-electron chi connectivity index (χ1n) is 5.49. The third-order valence-electron chi connectivity index (χ3n) is 2.59. The van der Waals surface area contributed by atoms with Gasteiger partial charge in [-0.15, -0.1) is 22.2 Å². The lowest BCUT2D eigenvalue weighted by Gasteiger charge is -2.17. The van der Waals surface area contributed by atoms with Crippen molar-refractivity contribution in [3.8, 4) is 0 Å². The quantitative estimate of drug-likeness (QED) is 0.540. The first-order valence-corrected chi connectivity index (χ1v) is 10.2. The topological polar surface area (TPSA) is 0 Å². The van der Waals surface area contributed by atoms with Crippen LogP contribution in [0.2, 0.25) is 6.55 Å². The van der Waals surface area contributed by atoms with Gasteiger partial charge in [-0.1, -0.05) is 37.3 Å². The summed E-state index contributed by atoms with van der Waals surface area (Å²) in [6.07, 6.45) is 0.997. The molecule has 0 aliphatic rings. The lowest BCUT2D eigenvalue weighted by atomic mass is 9.96. The van der Waals surface area contributed by atoms with Crippen LogP contribution in [0.25, 0.3) is 5.57 Å². The van der Waals surface area contributed by atoms with Gasteiger partial charge < -0.3 is 0 Å². The van der Waals surface area contributed by atoms with Crippen LogP contribution in [0.5, 0.6) is 0 Å². The number of benzene rings is 1. The Labute approximate surface area is 109 Å². The average Bonchev–Trinajstić information content (AvgIpc) is 2.14. The molecule has 1 aromatic carbocycles. The summed E-state index contributed by atoms with van der Waals surface area (Å²) in [7, 11) is 0. The molecule has 0 heterocycles. The molecule has 0 radical (unpaired) electrons. The molecule has 0 saturated heterocycles. The number of halogens is 2. The predicted octanol–water partition coefficient (Wildman–Crippen LogP) is 4.91. The van der Waals surface area contributed by atoms with E-state index in [0.717, 1.165) is 18.0 Å². The van der Waals surface area contributed by atoms with Gasteiger partial charge in [0.05, 0.1) is 0 Å². The summed E-state index contributed by atoms with van der Waals surface area (Å²) in [4.78, 5) is 0. The zero-order chi connectivity index (χ0) is 12.3. The number of rotatable bonds is 4. The van der Waals surface area contributed by atoms with Gasteiger partial charge in [-0.25, -0.2) is 0 Å². The maximum Gasteiger partial charge on any atom is 0.252 e. The summed E-state index contributed by atoms with van der Waals surface area (Å²) < 4.78 is 0. The van der Waals surface area contributed by atoms with E-state index in [-0.39, 0.29) is 0 Å². The van der Waals surface area contributed by atoms with Crippen molar-refractivity contribution in [1.82, 2.24) is 0 Å². The molecule has 0 amide bonds. The second-order valence-electron chi connectivity index (χ2n) is 4.32. The Morgan fingerprint density at radius 3 is 2.44 bits per heavy atom. The smallest absolute Gasteiger partial charge is 0.146 e. The van der Waals surface area contributed by atoms with Crippen LogP contribution in [0, 0.1) is 0 Å². The minimum absolute atomic E-state index is 0.806. The Balaban J connectivity index is 3.19. The molecule has 0 aromatic heterocycles. The Bertz CT molecular complexity index is 391. The molecule has 1 aromatic rings. The van der Waals surface area contributed by atoms with E-state index in [2.05, 4.69) is 31.7 Å². The third-order valence-corrected chi connectivity index (χ3v) is 4.39. The van der Waals surface area contributed by atoms with Crippen LogP contribution in [-0.2, 0) is 12.5 Å². The molecule has 0 aliphatic carbocycles. The minimum atomic E-state index is -2.09. The average molecular weight is 273 g/mol. The van der Waals surface area contributed by atoms with Crippen molar-refractivity contribution in [3.63, 3.8) is 0 Å². The monoisotopic (exact) mass is 272 g/mol. The molecule has 0 spiro atoms. The minimum Gasteiger partial charge on any atom is -0.146 e. The molecule has 0 atom stereocenters. The highest BCUT2D eigenvalue weighted by Gasteiger charge is 2.23. The van der Waals surface area contributed by atoms with Crippen molar-refractivity contribution in [1.29, 1.82) is 0 Å². The molecular formula is C13H18Cl2Si. The molecule has 0 bridgehead atoms. The standard InChI is InChI=1S/C13H18Cl2Si/c1-5-12-11(9-16(4,14)15)7-6-8-13(12)10(2)3/h6-8H,2,5,9H2,1,3-4H3. The predicted molar refractivity (Wildman–Crippen MR) is 77.6 cm³/mol. The molecule has 0 unspecified atom stereocenters. The van der Waals surface area contributed by atoms with Gasteiger partial charge in [0.25, 0.3) is 6.69 Å². The van der Waals surface area contributed by atoms with Crippen molar-refractivity contribution in [2.24, 2.45) is 0 Å². The maximum atomic E-state index is 6.21. The Kier molecular flexibility index (Phi) is 4.66. The molecule has 16 heavy (non-hydrogen) atoms. The summed E-state index contributed by atoms with van der Waals surface area (Å²) in [5.74, 6) is 0. The summed E-state index contributed by atoms with van der Waals surface area (Å²) in [6.45, 7) is 8.09. The van der Waals surface area contributed by atoms with Crippen molar-refractivity contribution in [3.05, 3.63) is 41.5 Å². The van der Waals surface area contributed by atoms with Gasteiger partial charge in [0.1, 0.15) is 0 Å². The van der Waals surface area contributed by atoms with Crippen LogP contribution in [0.4, 0.5) is 0 Å². The fourth-order valence-corrected chi connectivity index (χ4v) is 3.82. The van der Waals surface area contributed by atoms with Gasteiger partial charge >= 0.3 is 0 Å². The summed E-state index contributed by atoms with van der Waals surface area (Å²) in [5, 5.41) is 0. The summed E-state index contributed by atoms with van der Waals surface area (Å²) >= 11 is 12.4. The van der Waals surface area contributed by atoms with Crippen molar-refractivity contribution >= 4 is 34.4 Å². The molecule has 1 rings (SSSR count). The van der Waals surface area contributed by atoms with Gasteiger partial charge in [0, 0.05) is 0 Å². The lowest BCUT2D eigenvalue weighted by molar-refractivity contribution is 1.08. The van der Waals surface area contributed by atoms with E-state index >= 15 is 0 Å². The summed E-state index contributed by atoms with van der Waals surface area (Å²) in [5.41, 5.74) is 4.97. The van der Waals surface area contributed by atoms with Crippen molar-refractivity contribution in [2.45, 2.75) is 32.9 Å². The first kappa shape index (κ1) is 13.8. The molecule has 0 fully saturated rings. The molecule has 3 heteroatoms. The fourth-order valence-electron chi connectivity index (χ4n) is 1.95. The molecule has 0 N–H and O–H groups in total. The lowest BCUT2D eigenvalue weighted by Crippen LogP contribution is -2.19. The van der Waals surface area contributed by atoms with Gasteiger partial charge in [-0.3, -0.25) is 0 Å². The number of hydrogen-bond acceptors (Lipinski definition) is 0. The van der Waals surface area contributed by atoms with E-state index in [1.807, 2.05) is 13.5 Å². The second kappa shape index (κ2) is 5.39. The third kappa shape index (κ3) is 3.65. The molecule has 0 aliphatic heterocycles. The largest absolute Gasteiger partial charge is 0.252 e. The highest BCUT2D eigenvalue weighted by molar-refractivity contribution is 7.44. The van der Waals surface area contributed by atoms with Crippen LogP contribution in [0.1, 0.15) is 30.5 Å². The van der Waals surface area contributed by atoms with Crippen molar-refractivity contribution in [2.75, 3.05) is 0 Å². The highest BCUT2D eigenvalue weighted by atomic mass is 35.7. The van der Waals surface area contributed by atoms with Crippen LogP contribution < -0.4 is 0 Å². The second-order valence-corrected chi connectivity index (χ2v) is 12.4. The van der Waals surface area contributed by atoms with E-state index in [1.165, 1.54) is 16.7 Å². The fraction of sp³-hybridized carbons (Fsp3) is 0.385. The van der Waals surface area contributed by atoms with Gasteiger partial charge in [-0.05, 0) is 42.6 Å². The van der Waals surface area contributed by atoms with Crippen LogP contribution in [0.15, 0.2) is 24.8 Å². The number of hydrogen-bond donors (Lipinski definition) is 0. The van der Waals surface area contributed by atoms with E-state index in [9.17, 15) is 0 Å². The van der Waals surface area contributed by atoms with Crippen molar-refractivity contribution < 1.29 is 0 Å². The van der Waals surface area contributed by atoms with E-state index in [0.29, 0.717) is 0 Å². The van der Waals surface area contributed by atoms with Crippen LogP contribution >= 0.6 is 22.2 Å². The maximum absolute atomic E-state index is 6.21. The Morgan fingerprint density at radius 2 is 2.00 bits per heavy atom. The Hall–Kier alpha value is -0.243. The van der Waals surface area contributed by atoms with Gasteiger partial charge in [-0.2, -0.15) is 0 Å². The molecule has 0 nitrogen and oxygen atoms in total. The SMILES string of the molecule is C=C(C)c1cccc(C[Si](C)(Cl)Cl)c1CC. The molecular weight excluding hydrogens is 255 g/mol. The first-order chi connectivity index (χ1) is 7.35. The van der Waals surface area contributed by atoms with Gasteiger partial charge in [0.15, 0.2) is 0 Å². The normalized spacial score (nSPS) is 11.6. The van der Waals surface area contributed by atoms with Gasteiger partial charge in [0.2, 0.25) is 0 Å². The van der Waals surface area contributed by atoms with E-state index < -0.39 is 6.69 Å². The zero-order valence-corrected chi connectivity index (χ0v) is 12.6. The Morgan fingerprint density at radius 1 is 1.38 bits per heavy atom. The molecule has 88 valence electrons. The summed E-state index contributed by atoms with van der Waals surface area (Å²) in [6, 6.07) is 7.11.